The van der Waals surface area contributed by atoms with Gasteiger partial charge in [-0.05, 0) is 49.3 Å². The Balaban J connectivity index is 1.99. The van der Waals surface area contributed by atoms with Crippen molar-refractivity contribution in [1.29, 1.82) is 0 Å². The quantitative estimate of drug-likeness (QED) is 0.559. The Morgan fingerprint density at radius 2 is 1.87 bits per heavy atom. The van der Waals surface area contributed by atoms with Crippen LogP contribution in [0, 0.1) is 0 Å². The Morgan fingerprint density at radius 3 is 2.57 bits per heavy atom. The van der Waals surface area contributed by atoms with Gasteiger partial charge >= 0.3 is 5.97 Å². The molecule has 1 heterocycles. The number of carbonyl (C=O) groups excluding carboxylic acids is 2. The van der Waals surface area contributed by atoms with Crippen LogP contribution in [0.15, 0.2) is 41.2 Å². The standard InChI is InChI=1S/C24H30N2O4/c1-3-4-15-26-20-14-10-6-9-13-18(20)16-19(23(26)28)22(27)25-21(24(29)30-2)17-11-7-5-8-12-17/h5,7-8,11-12,16,21H,3-4,6,9-10,13-15H2,1-2H3,(H,25,27)/t21-/m1/s1. The molecule has 1 aliphatic carbocycles. The van der Waals surface area contributed by atoms with E-state index < -0.39 is 17.9 Å². The average molecular weight is 411 g/mol. The summed E-state index contributed by atoms with van der Waals surface area (Å²) in [7, 11) is 1.28. The smallest absolute Gasteiger partial charge is 0.333 e. The van der Waals surface area contributed by atoms with Crippen molar-refractivity contribution in [1.82, 2.24) is 9.88 Å². The number of benzene rings is 1. The van der Waals surface area contributed by atoms with Gasteiger partial charge in [-0.1, -0.05) is 50.1 Å². The van der Waals surface area contributed by atoms with Gasteiger partial charge in [0, 0.05) is 12.2 Å². The molecule has 1 amide bonds. The van der Waals surface area contributed by atoms with E-state index in [1.807, 2.05) is 6.07 Å². The Hall–Kier alpha value is -2.89. The number of hydrogen-bond acceptors (Lipinski definition) is 4. The Labute approximate surface area is 177 Å². The predicted molar refractivity (Wildman–Crippen MR) is 116 cm³/mol. The van der Waals surface area contributed by atoms with Gasteiger partial charge in [0.25, 0.3) is 11.5 Å². The molecule has 0 bridgehead atoms. The van der Waals surface area contributed by atoms with Crippen LogP contribution in [0.1, 0.15) is 72.2 Å². The molecule has 0 fully saturated rings. The fraction of sp³-hybridized carbons (Fsp3) is 0.458. The largest absolute Gasteiger partial charge is 0.467 e. The lowest BCUT2D eigenvalue weighted by Crippen LogP contribution is -2.39. The number of ether oxygens (including phenoxy) is 1. The van der Waals surface area contributed by atoms with Crippen LogP contribution in [0.5, 0.6) is 0 Å². The summed E-state index contributed by atoms with van der Waals surface area (Å²) in [6.45, 7) is 2.69. The van der Waals surface area contributed by atoms with Crippen molar-refractivity contribution in [2.45, 2.75) is 64.5 Å². The van der Waals surface area contributed by atoms with Gasteiger partial charge < -0.3 is 14.6 Å². The first-order chi connectivity index (χ1) is 14.6. The molecule has 1 aromatic carbocycles. The van der Waals surface area contributed by atoms with E-state index in [2.05, 4.69) is 12.2 Å². The molecular weight excluding hydrogens is 380 g/mol. The third-order valence-corrected chi connectivity index (χ3v) is 5.68. The third kappa shape index (κ3) is 4.81. The van der Waals surface area contributed by atoms with E-state index in [-0.39, 0.29) is 11.1 Å². The first-order valence-corrected chi connectivity index (χ1v) is 10.8. The van der Waals surface area contributed by atoms with Crippen molar-refractivity contribution < 1.29 is 14.3 Å². The maximum Gasteiger partial charge on any atom is 0.333 e. The lowest BCUT2D eigenvalue weighted by molar-refractivity contribution is -0.143. The number of nitrogens with zero attached hydrogens (tertiary/aromatic N) is 1. The van der Waals surface area contributed by atoms with Crippen molar-refractivity contribution in [3.63, 3.8) is 0 Å². The maximum atomic E-state index is 13.2. The number of nitrogens with one attached hydrogen (secondary N) is 1. The Bertz CT molecular complexity index is 950. The molecule has 1 aromatic heterocycles. The van der Waals surface area contributed by atoms with Crippen LogP contribution in [0.4, 0.5) is 0 Å². The summed E-state index contributed by atoms with van der Waals surface area (Å²) >= 11 is 0. The topological polar surface area (TPSA) is 77.4 Å². The normalized spacial score (nSPS) is 14.3. The number of hydrogen-bond donors (Lipinski definition) is 1. The lowest BCUT2D eigenvalue weighted by Gasteiger charge is -2.20. The maximum absolute atomic E-state index is 13.2. The summed E-state index contributed by atoms with van der Waals surface area (Å²) in [5.41, 5.74) is 2.56. The van der Waals surface area contributed by atoms with E-state index >= 15 is 0 Å². The van der Waals surface area contributed by atoms with Crippen LogP contribution in [-0.4, -0.2) is 23.6 Å². The molecule has 3 rings (SSSR count). The fourth-order valence-electron chi connectivity index (χ4n) is 4.02. The molecule has 6 nitrogen and oxygen atoms in total. The van der Waals surface area contributed by atoms with Crippen LogP contribution < -0.4 is 10.9 Å². The summed E-state index contributed by atoms with van der Waals surface area (Å²) in [4.78, 5) is 38.7. The molecule has 0 radical (unpaired) electrons. The van der Waals surface area contributed by atoms with Crippen LogP contribution >= 0.6 is 0 Å². The molecule has 6 heteroatoms. The van der Waals surface area contributed by atoms with Crippen molar-refractivity contribution in [3.05, 3.63) is 69.1 Å². The molecule has 0 aliphatic heterocycles. The molecule has 0 saturated carbocycles. The molecule has 160 valence electrons. The minimum Gasteiger partial charge on any atom is -0.467 e. The number of rotatable bonds is 7. The second-order valence-electron chi connectivity index (χ2n) is 7.74. The van der Waals surface area contributed by atoms with Crippen molar-refractivity contribution in [3.8, 4) is 0 Å². The van der Waals surface area contributed by atoms with E-state index in [4.69, 9.17) is 4.74 Å². The summed E-state index contributed by atoms with van der Waals surface area (Å²) in [6.07, 6.45) is 6.81. The number of pyridine rings is 1. The highest BCUT2D eigenvalue weighted by Gasteiger charge is 2.27. The molecule has 1 aliphatic rings. The molecule has 1 atom stereocenters. The van der Waals surface area contributed by atoms with Gasteiger partial charge in [-0.2, -0.15) is 0 Å². The highest BCUT2D eigenvalue weighted by molar-refractivity contribution is 5.97. The molecule has 30 heavy (non-hydrogen) atoms. The van der Waals surface area contributed by atoms with Crippen LogP contribution in [0.25, 0.3) is 0 Å². The van der Waals surface area contributed by atoms with Gasteiger partial charge in [-0.25, -0.2) is 4.79 Å². The highest BCUT2D eigenvalue weighted by Crippen LogP contribution is 2.22. The van der Waals surface area contributed by atoms with E-state index in [9.17, 15) is 14.4 Å². The zero-order valence-electron chi connectivity index (χ0n) is 17.8. The van der Waals surface area contributed by atoms with Gasteiger partial charge in [0.1, 0.15) is 5.56 Å². The number of aryl methyl sites for hydroxylation is 1. The zero-order valence-corrected chi connectivity index (χ0v) is 17.8. The monoisotopic (exact) mass is 410 g/mol. The third-order valence-electron chi connectivity index (χ3n) is 5.68. The van der Waals surface area contributed by atoms with Crippen molar-refractivity contribution in [2.24, 2.45) is 0 Å². The van der Waals surface area contributed by atoms with Gasteiger partial charge in [0.15, 0.2) is 6.04 Å². The second kappa shape index (κ2) is 10.2. The van der Waals surface area contributed by atoms with Crippen LogP contribution in [-0.2, 0) is 28.9 Å². The summed E-state index contributed by atoms with van der Waals surface area (Å²) in [5, 5.41) is 2.72. The SMILES string of the molecule is CCCCn1c2c(cc(C(=O)N[C@@H](C(=O)OC)c3ccccc3)c1=O)CCCCC2. The van der Waals surface area contributed by atoms with E-state index in [0.717, 1.165) is 56.2 Å². The first-order valence-electron chi connectivity index (χ1n) is 10.8. The zero-order chi connectivity index (χ0) is 21.5. The summed E-state index contributed by atoms with van der Waals surface area (Å²) < 4.78 is 6.67. The predicted octanol–water partition coefficient (Wildman–Crippen LogP) is 3.56. The molecule has 0 unspecified atom stereocenters. The number of aromatic nitrogens is 1. The lowest BCUT2D eigenvalue weighted by atomic mass is 10.0. The molecule has 0 saturated heterocycles. The summed E-state index contributed by atoms with van der Waals surface area (Å²) in [6, 6.07) is 9.68. The van der Waals surface area contributed by atoms with Crippen LogP contribution in [0.2, 0.25) is 0 Å². The van der Waals surface area contributed by atoms with Crippen molar-refractivity contribution >= 4 is 11.9 Å². The van der Waals surface area contributed by atoms with Gasteiger partial charge in [-0.15, -0.1) is 0 Å². The van der Waals surface area contributed by atoms with Crippen molar-refractivity contribution in [2.75, 3.05) is 7.11 Å². The number of carbonyl (C=O) groups is 2. The first kappa shape index (κ1) is 21.8. The fourth-order valence-corrected chi connectivity index (χ4v) is 4.02. The Morgan fingerprint density at radius 1 is 1.13 bits per heavy atom. The van der Waals surface area contributed by atoms with E-state index in [1.54, 1.807) is 34.9 Å². The van der Waals surface area contributed by atoms with E-state index in [0.29, 0.717) is 12.1 Å². The minimum atomic E-state index is -0.967. The second-order valence-corrected chi connectivity index (χ2v) is 7.74. The molecule has 1 N–H and O–H groups in total. The van der Waals surface area contributed by atoms with Gasteiger partial charge in [0.2, 0.25) is 0 Å². The van der Waals surface area contributed by atoms with Crippen LogP contribution in [0.3, 0.4) is 0 Å². The Kier molecular flexibility index (Phi) is 7.44. The number of methoxy groups -OCH3 is 1. The number of unbranched alkanes of at least 4 members (excludes halogenated alkanes) is 1. The molecule has 2 aromatic rings. The average Bonchev–Trinajstić information content (AvgIpc) is 3.01. The number of amides is 1. The molecule has 0 spiro atoms. The number of esters is 1. The van der Waals surface area contributed by atoms with E-state index in [1.165, 1.54) is 7.11 Å². The van der Waals surface area contributed by atoms with Gasteiger partial charge in [0.05, 0.1) is 7.11 Å². The highest BCUT2D eigenvalue weighted by atomic mass is 16.5. The summed E-state index contributed by atoms with van der Waals surface area (Å²) in [5.74, 6) is -1.12. The number of fused-ring (bicyclic) bond motifs is 1. The minimum absolute atomic E-state index is 0.0941. The molecular formula is C24H30N2O4. The van der Waals surface area contributed by atoms with Gasteiger partial charge in [-0.3, -0.25) is 9.59 Å².